The monoisotopic (exact) mass is 376 g/mol. The molecule has 1 aromatic rings. The smallest absolute Gasteiger partial charge is 0.472 e. The lowest BCUT2D eigenvalue weighted by Gasteiger charge is -2.56. The number of ketones is 1. The second-order valence-corrected chi connectivity index (χ2v) is 8.68. The molecule has 0 amide bonds. The van der Waals surface area contributed by atoms with Crippen molar-refractivity contribution in [2.24, 2.45) is 17.3 Å². The Hall–Kier alpha value is -1.86. The molecule has 1 aromatic heterocycles. The molecular formula is C20H24O7. The van der Waals surface area contributed by atoms with Gasteiger partial charge in [0.25, 0.3) is 0 Å². The summed E-state index contributed by atoms with van der Waals surface area (Å²) in [7, 11) is 1.62. The Labute approximate surface area is 157 Å². The van der Waals surface area contributed by atoms with Crippen molar-refractivity contribution in [3.8, 4) is 0 Å². The van der Waals surface area contributed by atoms with Crippen molar-refractivity contribution >= 4 is 11.9 Å². The van der Waals surface area contributed by atoms with E-state index in [1.54, 1.807) is 19.6 Å². The molecule has 0 unspecified atom stereocenters. The Morgan fingerprint density at radius 3 is 2.70 bits per heavy atom. The Balaban J connectivity index is 1.64. The molecule has 1 spiro atoms. The van der Waals surface area contributed by atoms with Crippen LogP contribution in [0.15, 0.2) is 23.0 Å². The van der Waals surface area contributed by atoms with E-state index in [0.717, 1.165) is 5.56 Å². The number of hydrogen-bond donors (Lipinski definition) is 0. The molecular weight excluding hydrogens is 352 g/mol. The van der Waals surface area contributed by atoms with Crippen LogP contribution < -0.4 is 0 Å². The maximum atomic E-state index is 13.1. The second-order valence-electron chi connectivity index (χ2n) is 8.68. The molecule has 4 fully saturated rings. The van der Waals surface area contributed by atoms with Gasteiger partial charge in [-0.15, -0.1) is 0 Å². The van der Waals surface area contributed by atoms with Gasteiger partial charge in [0.2, 0.25) is 0 Å². The van der Waals surface area contributed by atoms with Crippen LogP contribution >= 0.6 is 0 Å². The van der Waals surface area contributed by atoms with Crippen LogP contribution in [0.1, 0.15) is 45.1 Å². The molecule has 0 N–H and O–H groups in total. The highest BCUT2D eigenvalue weighted by atomic mass is 16.8. The minimum absolute atomic E-state index is 0.111. The van der Waals surface area contributed by atoms with Gasteiger partial charge in [-0.1, -0.05) is 13.8 Å². The number of furan rings is 1. The number of ether oxygens (including phenoxy) is 4. The van der Waals surface area contributed by atoms with E-state index in [9.17, 15) is 9.59 Å². The Morgan fingerprint density at radius 2 is 2.00 bits per heavy atom. The summed E-state index contributed by atoms with van der Waals surface area (Å²) in [6, 6.07) is 1.84. The van der Waals surface area contributed by atoms with Gasteiger partial charge in [0.05, 0.1) is 24.0 Å². The third-order valence-corrected chi connectivity index (χ3v) is 7.63. The van der Waals surface area contributed by atoms with Crippen LogP contribution in [-0.4, -0.2) is 36.9 Å². The van der Waals surface area contributed by atoms with Crippen LogP contribution in [-0.2, 0) is 29.5 Å². The van der Waals surface area contributed by atoms with E-state index in [2.05, 4.69) is 13.8 Å². The van der Waals surface area contributed by atoms with E-state index in [-0.39, 0.29) is 29.1 Å². The first-order valence-corrected chi connectivity index (χ1v) is 9.51. The molecule has 2 aliphatic carbocycles. The van der Waals surface area contributed by atoms with Crippen LogP contribution in [0.5, 0.6) is 0 Å². The van der Waals surface area contributed by atoms with Gasteiger partial charge in [0.1, 0.15) is 18.0 Å². The molecule has 2 saturated carbocycles. The third kappa shape index (κ3) is 2.04. The predicted molar refractivity (Wildman–Crippen MR) is 90.6 cm³/mol. The maximum Gasteiger partial charge on any atom is 0.509 e. The molecule has 4 aliphatic rings. The molecule has 5 rings (SSSR count). The Morgan fingerprint density at radius 1 is 1.22 bits per heavy atom. The summed E-state index contributed by atoms with van der Waals surface area (Å²) >= 11 is 0. The van der Waals surface area contributed by atoms with Gasteiger partial charge in [-0.05, 0) is 12.0 Å². The third-order valence-electron chi connectivity index (χ3n) is 7.63. The number of hydrogen-bond acceptors (Lipinski definition) is 7. The SMILES string of the molecule is CO[C@]1(c2ccoc2)C[C@@]2(C)[C@H](C)CC(=O)[C@H]3C[C@@H]4OC(=O)O[C@@H]4C[C@@]32O1. The van der Waals surface area contributed by atoms with E-state index in [0.29, 0.717) is 25.7 Å². The summed E-state index contributed by atoms with van der Waals surface area (Å²) < 4.78 is 28.7. The molecule has 7 atom stereocenters. The van der Waals surface area contributed by atoms with Gasteiger partial charge in [0.15, 0.2) is 5.79 Å². The zero-order valence-corrected chi connectivity index (χ0v) is 15.7. The second kappa shape index (κ2) is 5.35. The van der Waals surface area contributed by atoms with Crippen molar-refractivity contribution < 1.29 is 33.0 Å². The van der Waals surface area contributed by atoms with Crippen molar-refractivity contribution in [3.63, 3.8) is 0 Å². The van der Waals surface area contributed by atoms with Crippen molar-refractivity contribution in [1.29, 1.82) is 0 Å². The van der Waals surface area contributed by atoms with Crippen LogP contribution in [0.3, 0.4) is 0 Å². The van der Waals surface area contributed by atoms with Gasteiger partial charge in [-0.2, -0.15) is 0 Å². The molecule has 2 aliphatic heterocycles. The Bertz CT molecular complexity index is 788. The highest BCUT2D eigenvalue weighted by Crippen LogP contribution is 2.68. The average molecular weight is 376 g/mol. The number of methoxy groups -OCH3 is 1. The van der Waals surface area contributed by atoms with E-state index < -0.39 is 23.6 Å². The molecule has 3 heterocycles. The standard InChI is InChI=1S/C20H24O7/c1-11-6-14(21)13-7-15-16(26-17(22)25-15)8-19(13)18(11,2)10-20(23-3,27-19)12-4-5-24-9-12/h4-5,9,11,13,15-16H,6-8,10H2,1-3H3/t11-,13-,15+,16-,18+,19-,20-/m1/s1. The molecule has 2 saturated heterocycles. The molecule has 7 heteroatoms. The minimum atomic E-state index is -0.991. The van der Waals surface area contributed by atoms with Crippen LogP contribution in [0.2, 0.25) is 0 Å². The first-order valence-electron chi connectivity index (χ1n) is 9.51. The van der Waals surface area contributed by atoms with E-state index in [4.69, 9.17) is 23.4 Å². The number of carbonyl (C=O) groups is 2. The van der Waals surface area contributed by atoms with E-state index >= 15 is 0 Å². The summed E-state index contributed by atoms with van der Waals surface area (Å²) in [6.07, 6.45) is 3.74. The molecule has 7 nitrogen and oxygen atoms in total. The van der Waals surface area contributed by atoms with Gasteiger partial charge in [-0.3, -0.25) is 4.79 Å². The molecule has 146 valence electrons. The van der Waals surface area contributed by atoms with Crippen molar-refractivity contribution in [2.45, 2.75) is 63.1 Å². The number of fused-ring (bicyclic) bond motifs is 1. The van der Waals surface area contributed by atoms with Crippen LogP contribution in [0, 0.1) is 17.3 Å². The van der Waals surface area contributed by atoms with E-state index in [1.165, 1.54) is 0 Å². The van der Waals surface area contributed by atoms with Gasteiger partial charge >= 0.3 is 6.16 Å². The van der Waals surface area contributed by atoms with Crippen molar-refractivity contribution in [3.05, 3.63) is 24.2 Å². The summed E-state index contributed by atoms with van der Waals surface area (Å²) in [5.41, 5.74) is -0.293. The van der Waals surface area contributed by atoms with Crippen LogP contribution in [0.25, 0.3) is 0 Å². The first kappa shape index (κ1) is 17.3. The molecule has 0 aromatic carbocycles. The van der Waals surface area contributed by atoms with Crippen LogP contribution in [0.4, 0.5) is 4.79 Å². The van der Waals surface area contributed by atoms with Gasteiger partial charge < -0.3 is 23.4 Å². The molecule has 27 heavy (non-hydrogen) atoms. The average Bonchev–Trinajstić information content (AvgIpc) is 3.32. The largest absolute Gasteiger partial charge is 0.509 e. The van der Waals surface area contributed by atoms with Gasteiger partial charge in [0, 0.05) is 43.8 Å². The minimum Gasteiger partial charge on any atom is -0.472 e. The topological polar surface area (TPSA) is 84.2 Å². The molecule has 0 bridgehead atoms. The quantitative estimate of drug-likeness (QED) is 0.733. The highest BCUT2D eigenvalue weighted by Gasteiger charge is 2.74. The number of carbonyl (C=O) groups excluding carboxylic acids is 2. The summed E-state index contributed by atoms with van der Waals surface area (Å²) in [6.45, 7) is 4.28. The zero-order chi connectivity index (χ0) is 19.0. The summed E-state index contributed by atoms with van der Waals surface area (Å²) in [5, 5.41) is 0. The lowest BCUT2D eigenvalue weighted by atomic mass is 9.50. The van der Waals surface area contributed by atoms with E-state index in [1.807, 2.05) is 6.07 Å². The van der Waals surface area contributed by atoms with Crippen molar-refractivity contribution in [1.82, 2.24) is 0 Å². The highest BCUT2D eigenvalue weighted by molar-refractivity contribution is 5.84. The maximum absolute atomic E-state index is 13.1. The normalized spacial score (nSPS) is 48.4. The lowest BCUT2D eigenvalue weighted by molar-refractivity contribution is -0.281. The summed E-state index contributed by atoms with van der Waals surface area (Å²) in [4.78, 5) is 24.7. The zero-order valence-electron chi connectivity index (χ0n) is 15.7. The predicted octanol–water partition coefficient (Wildman–Crippen LogP) is 3.17. The molecule has 0 radical (unpaired) electrons. The Kier molecular flexibility index (Phi) is 3.42. The first-order chi connectivity index (χ1) is 12.8. The summed E-state index contributed by atoms with van der Waals surface area (Å²) in [5.74, 6) is -1.06. The lowest BCUT2D eigenvalue weighted by Crippen LogP contribution is -2.64. The fourth-order valence-corrected chi connectivity index (χ4v) is 6.01. The number of rotatable bonds is 2. The fourth-order valence-electron chi connectivity index (χ4n) is 6.01. The fraction of sp³-hybridized carbons (Fsp3) is 0.700. The van der Waals surface area contributed by atoms with Gasteiger partial charge in [-0.25, -0.2) is 4.79 Å². The number of Topliss-reactive ketones (excluding diaryl/α,β-unsaturated/α-hetero) is 1. The van der Waals surface area contributed by atoms with Crippen molar-refractivity contribution in [2.75, 3.05) is 7.11 Å².